The number of carbonyl (C=O) groups excluding carboxylic acids is 1. The second-order valence-electron chi connectivity index (χ2n) is 4.35. The number of halogens is 3. The molecule has 0 aliphatic heterocycles. The summed E-state index contributed by atoms with van der Waals surface area (Å²) in [5.41, 5.74) is 1.65. The van der Waals surface area contributed by atoms with Crippen LogP contribution in [0.1, 0.15) is 21.5 Å². The molecule has 0 unspecified atom stereocenters. The Bertz CT molecular complexity index is 618. The summed E-state index contributed by atoms with van der Waals surface area (Å²) < 4.78 is 13.6. The second-order valence-corrected chi connectivity index (χ2v) is 5.23. The summed E-state index contributed by atoms with van der Waals surface area (Å²) in [5, 5.41) is 0.904. The van der Waals surface area contributed by atoms with E-state index in [0.717, 1.165) is 5.56 Å². The van der Waals surface area contributed by atoms with Crippen molar-refractivity contribution in [3.05, 3.63) is 69.0 Å². The SMILES string of the molecule is Cc1cc(Cl)cc(C(=O)Cc2cc(Cl)ccc2F)c1. The molecule has 0 N–H and O–H groups in total. The molecule has 0 fully saturated rings. The van der Waals surface area contributed by atoms with Crippen molar-refractivity contribution < 1.29 is 9.18 Å². The number of hydrogen-bond donors (Lipinski definition) is 0. The molecule has 0 bridgehead atoms. The highest BCUT2D eigenvalue weighted by Gasteiger charge is 2.12. The maximum atomic E-state index is 13.6. The Morgan fingerprint density at radius 3 is 2.53 bits per heavy atom. The van der Waals surface area contributed by atoms with Crippen LogP contribution < -0.4 is 0 Å². The predicted octanol–water partition coefficient (Wildman–Crippen LogP) is 4.87. The first kappa shape index (κ1) is 14.0. The fourth-order valence-corrected chi connectivity index (χ4v) is 2.34. The molecular formula is C15H11Cl2FO. The van der Waals surface area contributed by atoms with Crippen molar-refractivity contribution in [2.75, 3.05) is 0 Å². The first-order chi connectivity index (χ1) is 8.95. The fourth-order valence-electron chi connectivity index (χ4n) is 1.85. The van der Waals surface area contributed by atoms with Crippen LogP contribution in [0.15, 0.2) is 36.4 Å². The minimum Gasteiger partial charge on any atom is -0.294 e. The minimum absolute atomic E-state index is 0.0355. The number of rotatable bonds is 3. The van der Waals surface area contributed by atoms with Gasteiger partial charge in [0, 0.05) is 22.0 Å². The van der Waals surface area contributed by atoms with Crippen LogP contribution in [-0.2, 0) is 6.42 Å². The Kier molecular flexibility index (Phi) is 4.23. The Hall–Kier alpha value is -1.38. The maximum absolute atomic E-state index is 13.6. The smallest absolute Gasteiger partial charge is 0.167 e. The molecule has 19 heavy (non-hydrogen) atoms. The normalized spacial score (nSPS) is 10.5. The van der Waals surface area contributed by atoms with E-state index in [1.54, 1.807) is 18.2 Å². The first-order valence-corrected chi connectivity index (χ1v) is 6.45. The molecular weight excluding hydrogens is 286 g/mol. The van der Waals surface area contributed by atoms with Crippen LogP contribution in [0.5, 0.6) is 0 Å². The van der Waals surface area contributed by atoms with Crippen molar-refractivity contribution in [1.82, 2.24) is 0 Å². The van der Waals surface area contributed by atoms with Gasteiger partial charge in [-0.05, 0) is 54.4 Å². The number of carbonyl (C=O) groups is 1. The molecule has 1 nitrogen and oxygen atoms in total. The van der Waals surface area contributed by atoms with Gasteiger partial charge in [-0.3, -0.25) is 4.79 Å². The zero-order valence-corrected chi connectivity index (χ0v) is 11.7. The van der Waals surface area contributed by atoms with Gasteiger partial charge in [-0.15, -0.1) is 0 Å². The third-order valence-electron chi connectivity index (χ3n) is 2.72. The Morgan fingerprint density at radius 2 is 1.84 bits per heavy atom. The first-order valence-electron chi connectivity index (χ1n) is 5.70. The Balaban J connectivity index is 2.28. The molecule has 0 saturated carbocycles. The van der Waals surface area contributed by atoms with Crippen LogP contribution in [0, 0.1) is 12.7 Å². The van der Waals surface area contributed by atoms with Crippen LogP contribution in [-0.4, -0.2) is 5.78 Å². The number of hydrogen-bond acceptors (Lipinski definition) is 1. The van der Waals surface area contributed by atoms with E-state index in [4.69, 9.17) is 23.2 Å². The highest BCUT2D eigenvalue weighted by molar-refractivity contribution is 6.31. The molecule has 0 aliphatic rings. The van der Waals surface area contributed by atoms with Crippen LogP contribution in [0.4, 0.5) is 4.39 Å². The van der Waals surface area contributed by atoms with Gasteiger partial charge < -0.3 is 0 Å². The van der Waals surface area contributed by atoms with E-state index in [1.165, 1.54) is 18.2 Å². The van der Waals surface area contributed by atoms with Crippen molar-refractivity contribution in [2.45, 2.75) is 13.3 Å². The quantitative estimate of drug-likeness (QED) is 0.739. The predicted molar refractivity (Wildman–Crippen MR) is 75.6 cm³/mol. The van der Waals surface area contributed by atoms with Crippen molar-refractivity contribution in [2.24, 2.45) is 0 Å². The molecule has 2 rings (SSSR count). The van der Waals surface area contributed by atoms with E-state index in [1.807, 2.05) is 6.92 Å². The number of ketones is 1. The highest BCUT2D eigenvalue weighted by Crippen LogP contribution is 2.19. The molecule has 0 aromatic heterocycles. The number of benzene rings is 2. The van der Waals surface area contributed by atoms with Crippen LogP contribution in [0.3, 0.4) is 0 Å². The largest absolute Gasteiger partial charge is 0.294 e. The van der Waals surface area contributed by atoms with Gasteiger partial charge in [0.05, 0.1) is 0 Å². The lowest BCUT2D eigenvalue weighted by molar-refractivity contribution is 0.0991. The zero-order chi connectivity index (χ0) is 14.0. The molecule has 2 aromatic rings. The molecule has 0 heterocycles. The van der Waals surface area contributed by atoms with E-state index in [2.05, 4.69) is 0 Å². The monoisotopic (exact) mass is 296 g/mol. The van der Waals surface area contributed by atoms with Gasteiger partial charge in [-0.25, -0.2) is 4.39 Å². The number of Topliss-reactive ketones (excluding diaryl/α,β-unsaturated/α-hetero) is 1. The molecule has 2 aromatic carbocycles. The average Bonchev–Trinajstić information content (AvgIpc) is 2.32. The molecule has 0 spiro atoms. The molecule has 98 valence electrons. The van der Waals surface area contributed by atoms with Crippen LogP contribution in [0.2, 0.25) is 10.0 Å². The van der Waals surface area contributed by atoms with Gasteiger partial charge >= 0.3 is 0 Å². The Labute approximate surface area is 121 Å². The average molecular weight is 297 g/mol. The maximum Gasteiger partial charge on any atom is 0.167 e. The summed E-state index contributed by atoms with van der Waals surface area (Å²) in [6.45, 7) is 1.85. The number of aryl methyl sites for hydroxylation is 1. The van der Waals surface area contributed by atoms with Crippen molar-refractivity contribution in [3.8, 4) is 0 Å². The highest BCUT2D eigenvalue weighted by atomic mass is 35.5. The van der Waals surface area contributed by atoms with Crippen molar-refractivity contribution in [1.29, 1.82) is 0 Å². The lowest BCUT2D eigenvalue weighted by Gasteiger charge is -2.05. The molecule has 0 atom stereocenters. The topological polar surface area (TPSA) is 17.1 Å². The fraction of sp³-hybridized carbons (Fsp3) is 0.133. The van der Waals surface area contributed by atoms with Crippen molar-refractivity contribution >= 4 is 29.0 Å². The lowest BCUT2D eigenvalue weighted by Crippen LogP contribution is -2.05. The summed E-state index contributed by atoms with van der Waals surface area (Å²) in [6, 6.07) is 9.25. The molecule has 4 heteroatoms. The Morgan fingerprint density at radius 1 is 1.11 bits per heavy atom. The zero-order valence-electron chi connectivity index (χ0n) is 10.2. The standard InChI is InChI=1S/C15H11Cl2FO/c1-9-4-11(7-13(17)5-9)15(19)8-10-6-12(16)2-3-14(10)18/h2-7H,8H2,1H3. The minimum atomic E-state index is -0.434. The van der Waals surface area contributed by atoms with Gasteiger partial charge in [0.2, 0.25) is 0 Å². The van der Waals surface area contributed by atoms with Crippen LogP contribution >= 0.6 is 23.2 Å². The summed E-state index contributed by atoms with van der Waals surface area (Å²) in [5.74, 6) is -0.622. The van der Waals surface area contributed by atoms with E-state index >= 15 is 0 Å². The lowest BCUT2D eigenvalue weighted by atomic mass is 10.0. The molecule has 0 saturated heterocycles. The van der Waals surface area contributed by atoms with E-state index in [0.29, 0.717) is 15.6 Å². The molecule has 0 aliphatic carbocycles. The van der Waals surface area contributed by atoms with Gasteiger partial charge in [0.25, 0.3) is 0 Å². The van der Waals surface area contributed by atoms with E-state index in [9.17, 15) is 9.18 Å². The van der Waals surface area contributed by atoms with Gasteiger partial charge in [0.1, 0.15) is 5.82 Å². The van der Waals surface area contributed by atoms with Crippen LogP contribution in [0.25, 0.3) is 0 Å². The third kappa shape index (κ3) is 3.55. The summed E-state index contributed by atoms with van der Waals surface area (Å²) in [6.07, 6.45) is -0.0355. The van der Waals surface area contributed by atoms with Gasteiger partial charge in [0.15, 0.2) is 5.78 Å². The van der Waals surface area contributed by atoms with E-state index < -0.39 is 5.82 Å². The van der Waals surface area contributed by atoms with Gasteiger partial charge in [-0.2, -0.15) is 0 Å². The van der Waals surface area contributed by atoms with E-state index in [-0.39, 0.29) is 17.8 Å². The summed E-state index contributed by atoms with van der Waals surface area (Å²) >= 11 is 11.7. The van der Waals surface area contributed by atoms with Gasteiger partial charge in [-0.1, -0.05) is 23.2 Å². The second kappa shape index (κ2) is 5.72. The third-order valence-corrected chi connectivity index (χ3v) is 3.18. The van der Waals surface area contributed by atoms with Crippen molar-refractivity contribution in [3.63, 3.8) is 0 Å². The summed E-state index contributed by atoms with van der Waals surface area (Å²) in [7, 11) is 0. The summed E-state index contributed by atoms with van der Waals surface area (Å²) in [4.78, 5) is 12.1. The molecule has 0 radical (unpaired) electrons. The molecule has 0 amide bonds.